The summed E-state index contributed by atoms with van der Waals surface area (Å²) >= 11 is 6.10. The smallest absolute Gasteiger partial charge is 0.243 e. The van der Waals surface area contributed by atoms with Crippen LogP contribution in [0.5, 0.6) is 0 Å². The van der Waals surface area contributed by atoms with Crippen molar-refractivity contribution in [1.82, 2.24) is 10.2 Å². The molecule has 3 rings (SSSR count). The van der Waals surface area contributed by atoms with Gasteiger partial charge in [-0.05, 0) is 51.3 Å². The normalized spacial score (nSPS) is 25.1. The van der Waals surface area contributed by atoms with E-state index in [1.807, 2.05) is 11.8 Å². The van der Waals surface area contributed by atoms with Crippen LogP contribution in [0.3, 0.4) is 0 Å². The number of carbonyl (C=O) groups is 1. The first-order valence-electron chi connectivity index (χ1n) is 7.50. The van der Waals surface area contributed by atoms with E-state index in [1.165, 1.54) is 6.07 Å². The predicted octanol–water partition coefficient (Wildman–Crippen LogP) is 3.11. The molecule has 1 unspecified atom stereocenters. The minimum atomic E-state index is -0.514. The highest BCUT2D eigenvalue weighted by Gasteiger charge is 2.43. The van der Waals surface area contributed by atoms with Crippen molar-refractivity contribution in [1.29, 1.82) is 0 Å². The lowest BCUT2D eigenvalue weighted by Crippen LogP contribution is -2.53. The molecule has 21 heavy (non-hydrogen) atoms. The number of hydrogen-bond donors (Lipinski definition) is 1. The molecule has 3 nitrogen and oxygen atoms in total. The number of amides is 1. The van der Waals surface area contributed by atoms with Crippen molar-refractivity contribution < 1.29 is 9.18 Å². The molecule has 1 saturated heterocycles. The molecule has 0 aromatic heterocycles. The van der Waals surface area contributed by atoms with Gasteiger partial charge in [-0.2, -0.15) is 0 Å². The zero-order valence-electron chi connectivity index (χ0n) is 12.2. The summed E-state index contributed by atoms with van der Waals surface area (Å²) in [5, 5.41) is 3.68. The van der Waals surface area contributed by atoms with E-state index in [0.717, 1.165) is 32.2 Å². The molecule has 1 saturated carbocycles. The van der Waals surface area contributed by atoms with Gasteiger partial charge in [0, 0.05) is 16.6 Å². The first-order chi connectivity index (χ1) is 10.0. The van der Waals surface area contributed by atoms with Crippen LogP contribution < -0.4 is 5.32 Å². The van der Waals surface area contributed by atoms with Crippen LogP contribution in [-0.2, 0) is 11.3 Å². The lowest BCUT2D eigenvalue weighted by molar-refractivity contribution is -0.138. The number of carbonyl (C=O) groups excluding carboxylic acids is 1. The molecular formula is C16H20ClFN2O. The number of rotatable bonds is 4. The zero-order valence-corrected chi connectivity index (χ0v) is 12.9. The molecule has 1 heterocycles. The highest BCUT2D eigenvalue weighted by Crippen LogP contribution is 2.34. The van der Waals surface area contributed by atoms with Gasteiger partial charge >= 0.3 is 0 Å². The SMILES string of the molecule is CC1(C(=O)N(Cc2c(F)cccc2Cl)C2CC2)CCCN1. The minimum Gasteiger partial charge on any atom is -0.334 e. The molecule has 1 atom stereocenters. The third-order valence-electron chi connectivity index (χ3n) is 4.48. The molecule has 5 heteroatoms. The van der Waals surface area contributed by atoms with Crippen LogP contribution in [0.2, 0.25) is 5.02 Å². The molecule has 1 aromatic carbocycles. The van der Waals surface area contributed by atoms with Crippen molar-refractivity contribution >= 4 is 17.5 Å². The Morgan fingerprint density at radius 3 is 2.86 bits per heavy atom. The second-order valence-corrected chi connectivity index (χ2v) is 6.63. The third kappa shape index (κ3) is 2.92. The van der Waals surface area contributed by atoms with E-state index in [2.05, 4.69) is 5.32 Å². The fourth-order valence-electron chi connectivity index (χ4n) is 3.00. The summed E-state index contributed by atoms with van der Waals surface area (Å²) in [6, 6.07) is 4.88. The Balaban J connectivity index is 1.84. The topological polar surface area (TPSA) is 32.3 Å². The molecule has 1 amide bonds. The van der Waals surface area contributed by atoms with Gasteiger partial charge in [0.15, 0.2) is 0 Å². The fourth-order valence-corrected chi connectivity index (χ4v) is 3.22. The number of nitrogens with zero attached hydrogens (tertiary/aromatic N) is 1. The van der Waals surface area contributed by atoms with Gasteiger partial charge in [-0.1, -0.05) is 17.7 Å². The molecule has 1 aromatic rings. The molecule has 0 radical (unpaired) electrons. The van der Waals surface area contributed by atoms with Crippen LogP contribution in [0.15, 0.2) is 18.2 Å². The summed E-state index contributed by atoms with van der Waals surface area (Å²) in [4.78, 5) is 14.7. The zero-order chi connectivity index (χ0) is 15.0. The summed E-state index contributed by atoms with van der Waals surface area (Å²) in [6.07, 6.45) is 3.82. The molecule has 114 valence electrons. The Hall–Kier alpha value is -1.13. The maximum absolute atomic E-state index is 14.0. The Morgan fingerprint density at radius 1 is 1.52 bits per heavy atom. The summed E-state index contributed by atoms with van der Waals surface area (Å²) in [5.74, 6) is -0.271. The summed E-state index contributed by atoms with van der Waals surface area (Å²) in [6.45, 7) is 3.06. The molecule has 1 aliphatic heterocycles. The Morgan fingerprint density at radius 2 is 2.29 bits per heavy atom. The van der Waals surface area contributed by atoms with Gasteiger partial charge < -0.3 is 10.2 Å². The van der Waals surface area contributed by atoms with E-state index in [0.29, 0.717) is 10.6 Å². The van der Waals surface area contributed by atoms with Crippen molar-refractivity contribution in [2.75, 3.05) is 6.54 Å². The molecule has 2 fully saturated rings. The number of nitrogens with one attached hydrogen (secondary N) is 1. The Labute approximate surface area is 129 Å². The standard InChI is InChI=1S/C16H20ClFN2O/c1-16(8-3-9-19-16)15(21)20(11-6-7-11)10-12-13(17)4-2-5-14(12)18/h2,4-5,11,19H,3,6-10H2,1H3. The number of halogens is 2. The number of benzene rings is 1. The largest absolute Gasteiger partial charge is 0.334 e. The van der Waals surface area contributed by atoms with Crippen LogP contribution in [0.1, 0.15) is 38.2 Å². The van der Waals surface area contributed by atoms with Crippen molar-refractivity contribution in [2.24, 2.45) is 0 Å². The monoisotopic (exact) mass is 310 g/mol. The van der Waals surface area contributed by atoms with E-state index >= 15 is 0 Å². The van der Waals surface area contributed by atoms with Gasteiger partial charge in [0.1, 0.15) is 5.82 Å². The van der Waals surface area contributed by atoms with E-state index in [-0.39, 0.29) is 24.3 Å². The summed E-state index contributed by atoms with van der Waals surface area (Å²) in [5.41, 5.74) is -0.0960. The maximum atomic E-state index is 14.0. The van der Waals surface area contributed by atoms with Gasteiger partial charge in [0.05, 0.1) is 12.1 Å². The Kier molecular flexibility index (Phi) is 3.93. The predicted molar refractivity (Wildman–Crippen MR) is 80.6 cm³/mol. The van der Waals surface area contributed by atoms with Crippen molar-refractivity contribution in [3.63, 3.8) is 0 Å². The maximum Gasteiger partial charge on any atom is 0.243 e. The lowest BCUT2D eigenvalue weighted by Gasteiger charge is -2.32. The number of hydrogen-bond acceptors (Lipinski definition) is 2. The fraction of sp³-hybridized carbons (Fsp3) is 0.562. The van der Waals surface area contributed by atoms with E-state index in [1.54, 1.807) is 12.1 Å². The molecule has 0 spiro atoms. The Bertz CT molecular complexity index is 533. The van der Waals surface area contributed by atoms with Gasteiger partial charge in [-0.15, -0.1) is 0 Å². The van der Waals surface area contributed by atoms with Crippen LogP contribution >= 0.6 is 11.6 Å². The van der Waals surface area contributed by atoms with Crippen LogP contribution in [0.4, 0.5) is 4.39 Å². The quantitative estimate of drug-likeness (QED) is 0.927. The third-order valence-corrected chi connectivity index (χ3v) is 4.83. The summed E-state index contributed by atoms with van der Waals surface area (Å²) < 4.78 is 14.0. The minimum absolute atomic E-state index is 0.0711. The molecular weight excluding hydrogens is 291 g/mol. The van der Waals surface area contributed by atoms with Gasteiger partial charge in [0.25, 0.3) is 0 Å². The molecule has 1 N–H and O–H groups in total. The van der Waals surface area contributed by atoms with Crippen LogP contribution in [-0.4, -0.2) is 28.9 Å². The van der Waals surface area contributed by atoms with E-state index in [4.69, 9.17) is 11.6 Å². The first kappa shape index (κ1) is 14.8. The average molecular weight is 311 g/mol. The first-order valence-corrected chi connectivity index (χ1v) is 7.88. The van der Waals surface area contributed by atoms with Crippen molar-refractivity contribution in [3.05, 3.63) is 34.6 Å². The average Bonchev–Trinajstić information content (AvgIpc) is 3.19. The van der Waals surface area contributed by atoms with Crippen LogP contribution in [0, 0.1) is 5.82 Å². The van der Waals surface area contributed by atoms with Gasteiger partial charge in [-0.3, -0.25) is 4.79 Å². The second kappa shape index (κ2) is 5.58. The van der Waals surface area contributed by atoms with E-state index < -0.39 is 5.54 Å². The van der Waals surface area contributed by atoms with E-state index in [9.17, 15) is 9.18 Å². The highest BCUT2D eigenvalue weighted by molar-refractivity contribution is 6.31. The van der Waals surface area contributed by atoms with Crippen molar-refractivity contribution in [3.8, 4) is 0 Å². The molecule has 1 aliphatic carbocycles. The van der Waals surface area contributed by atoms with Crippen molar-refractivity contribution in [2.45, 2.75) is 50.7 Å². The highest BCUT2D eigenvalue weighted by atomic mass is 35.5. The molecule has 0 bridgehead atoms. The van der Waals surface area contributed by atoms with Crippen LogP contribution in [0.25, 0.3) is 0 Å². The second-order valence-electron chi connectivity index (χ2n) is 6.23. The van der Waals surface area contributed by atoms with Gasteiger partial charge in [-0.25, -0.2) is 4.39 Å². The van der Waals surface area contributed by atoms with Gasteiger partial charge in [0.2, 0.25) is 5.91 Å². The molecule has 2 aliphatic rings. The summed E-state index contributed by atoms with van der Waals surface area (Å²) in [7, 11) is 0. The lowest BCUT2D eigenvalue weighted by atomic mass is 9.98.